The Balaban J connectivity index is 2.02. The molecular formula is C20H20Cl3NO3. The molecule has 0 aliphatic rings. The summed E-state index contributed by atoms with van der Waals surface area (Å²) in [5, 5.41) is 3.40. The highest BCUT2D eigenvalue weighted by molar-refractivity contribution is 6.61. The van der Waals surface area contributed by atoms with Crippen molar-refractivity contribution >= 4 is 46.3 Å². The lowest BCUT2D eigenvalue weighted by Crippen LogP contribution is -2.26. The van der Waals surface area contributed by atoms with Crippen molar-refractivity contribution in [3.8, 4) is 11.5 Å². The Morgan fingerprint density at radius 3 is 2.37 bits per heavy atom. The van der Waals surface area contributed by atoms with Crippen molar-refractivity contribution in [2.75, 3.05) is 20.3 Å². The van der Waals surface area contributed by atoms with Gasteiger partial charge in [0.1, 0.15) is 4.49 Å². The van der Waals surface area contributed by atoms with Crippen LogP contribution in [0.4, 0.5) is 0 Å². The van der Waals surface area contributed by atoms with Crippen LogP contribution in [0, 0.1) is 0 Å². The number of hydrogen-bond donors (Lipinski definition) is 1. The molecule has 1 amide bonds. The van der Waals surface area contributed by atoms with E-state index in [1.54, 1.807) is 31.4 Å². The van der Waals surface area contributed by atoms with E-state index >= 15 is 0 Å². The maximum Gasteiger partial charge on any atom is 0.254 e. The zero-order chi connectivity index (χ0) is 19.8. The van der Waals surface area contributed by atoms with Gasteiger partial charge in [0.2, 0.25) is 0 Å². The Hall–Kier alpha value is -1.88. The van der Waals surface area contributed by atoms with Crippen LogP contribution in [0.15, 0.2) is 47.0 Å². The summed E-state index contributed by atoms with van der Waals surface area (Å²) in [6, 6.07) is 12.4. The first kappa shape index (κ1) is 21.4. The van der Waals surface area contributed by atoms with E-state index in [2.05, 4.69) is 5.32 Å². The van der Waals surface area contributed by atoms with Crippen molar-refractivity contribution < 1.29 is 14.3 Å². The number of carbonyl (C=O) groups excluding carboxylic acids is 1. The van der Waals surface area contributed by atoms with Crippen LogP contribution in [-0.4, -0.2) is 26.2 Å². The van der Waals surface area contributed by atoms with E-state index in [4.69, 9.17) is 44.3 Å². The standard InChI is InChI=1S/C20H20Cl3NO3/c1-3-27-16-9-4-13(12-17(16)26-2)10-11-24-20(25)18(19(22)23)14-5-7-15(21)8-6-14/h4-9,12H,3,10-11H2,1-2H3,(H,24,25). The van der Waals surface area contributed by atoms with Crippen LogP contribution < -0.4 is 14.8 Å². The van der Waals surface area contributed by atoms with Gasteiger partial charge in [-0.1, -0.05) is 53.0 Å². The number of carbonyl (C=O) groups is 1. The van der Waals surface area contributed by atoms with Gasteiger partial charge >= 0.3 is 0 Å². The molecule has 0 spiro atoms. The molecule has 2 rings (SSSR count). The van der Waals surface area contributed by atoms with Crippen LogP contribution in [0.1, 0.15) is 18.1 Å². The number of nitrogens with one attached hydrogen (secondary N) is 1. The van der Waals surface area contributed by atoms with Crippen LogP contribution in [0.5, 0.6) is 11.5 Å². The molecule has 0 aromatic heterocycles. The van der Waals surface area contributed by atoms with E-state index in [9.17, 15) is 4.79 Å². The molecule has 0 bridgehead atoms. The van der Waals surface area contributed by atoms with Crippen molar-refractivity contribution in [1.82, 2.24) is 5.32 Å². The molecule has 0 aliphatic heterocycles. The lowest BCUT2D eigenvalue weighted by atomic mass is 10.1. The Morgan fingerprint density at radius 1 is 1.07 bits per heavy atom. The van der Waals surface area contributed by atoms with Crippen molar-refractivity contribution in [3.05, 3.63) is 63.1 Å². The van der Waals surface area contributed by atoms with Gasteiger partial charge in [0.05, 0.1) is 19.3 Å². The third kappa shape index (κ3) is 6.06. The number of halogens is 3. The third-order valence-electron chi connectivity index (χ3n) is 3.78. The van der Waals surface area contributed by atoms with Gasteiger partial charge < -0.3 is 14.8 Å². The molecule has 0 radical (unpaired) electrons. The molecule has 2 aromatic carbocycles. The minimum Gasteiger partial charge on any atom is -0.493 e. The maximum atomic E-state index is 12.5. The topological polar surface area (TPSA) is 47.6 Å². The minimum atomic E-state index is -0.352. The summed E-state index contributed by atoms with van der Waals surface area (Å²) < 4.78 is 10.7. The van der Waals surface area contributed by atoms with Crippen molar-refractivity contribution in [3.63, 3.8) is 0 Å². The highest BCUT2D eigenvalue weighted by Gasteiger charge is 2.16. The van der Waals surface area contributed by atoms with E-state index < -0.39 is 0 Å². The SMILES string of the molecule is CCOc1ccc(CCNC(=O)C(=C(Cl)Cl)c2ccc(Cl)cc2)cc1OC. The fourth-order valence-corrected chi connectivity index (χ4v) is 3.01. The number of methoxy groups -OCH3 is 1. The molecule has 4 nitrogen and oxygen atoms in total. The van der Waals surface area contributed by atoms with Gasteiger partial charge in [0.25, 0.3) is 5.91 Å². The Kier molecular flexibility index (Phi) is 8.29. The molecule has 0 unspecified atom stereocenters. The van der Waals surface area contributed by atoms with Crippen LogP contribution in [-0.2, 0) is 11.2 Å². The van der Waals surface area contributed by atoms with Crippen LogP contribution in [0.3, 0.4) is 0 Å². The molecular weight excluding hydrogens is 409 g/mol. The number of benzene rings is 2. The smallest absolute Gasteiger partial charge is 0.254 e. The summed E-state index contributed by atoms with van der Waals surface area (Å²) >= 11 is 17.7. The van der Waals surface area contributed by atoms with Crippen LogP contribution >= 0.6 is 34.8 Å². The largest absolute Gasteiger partial charge is 0.493 e. The van der Waals surface area contributed by atoms with Crippen molar-refractivity contribution in [1.29, 1.82) is 0 Å². The molecule has 0 atom stereocenters. The normalized spacial score (nSPS) is 10.3. The average Bonchev–Trinajstić information content (AvgIpc) is 2.64. The second-order valence-electron chi connectivity index (χ2n) is 5.57. The zero-order valence-electron chi connectivity index (χ0n) is 15.0. The van der Waals surface area contributed by atoms with Crippen LogP contribution in [0.25, 0.3) is 5.57 Å². The molecule has 27 heavy (non-hydrogen) atoms. The number of amides is 1. The lowest BCUT2D eigenvalue weighted by molar-refractivity contribution is -0.115. The number of hydrogen-bond acceptors (Lipinski definition) is 3. The van der Waals surface area contributed by atoms with Crippen molar-refractivity contribution in [2.45, 2.75) is 13.3 Å². The Bertz CT molecular complexity index is 816. The van der Waals surface area contributed by atoms with Crippen LogP contribution in [0.2, 0.25) is 5.02 Å². The molecule has 1 N–H and O–H groups in total. The summed E-state index contributed by atoms with van der Waals surface area (Å²) in [6.45, 7) is 2.88. The van der Waals surface area contributed by atoms with Gasteiger partial charge in [-0.2, -0.15) is 0 Å². The number of ether oxygens (including phenoxy) is 2. The molecule has 0 fully saturated rings. The van der Waals surface area contributed by atoms with Gasteiger partial charge in [-0.05, 0) is 48.7 Å². The van der Waals surface area contributed by atoms with E-state index in [-0.39, 0.29) is 16.0 Å². The first-order chi connectivity index (χ1) is 13.0. The molecule has 144 valence electrons. The zero-order valence-corrected chi connectivity index (χ0v) is 17.3. The fraction of sp³-hybridized carbons (Fsp3) is 0.250. The first-order valence-corrected chi connectivity index (χ1v) is 9.48. The monoisotopic (exact) mass is 427 g/mol. The first-order valence-electron chi connectivity index (χ1n) is 8.35. The van der Waals surface area contributed by atoms with Gasteiger partial charge in [0, 0.05) is 11.6 Å². The fourth-order valence-electron chi connectivity index (χ4n) is 2.49. The predicted molar refractivity (Wildman–Crippen MR) is 111 cm³/mol. The van der Waals surface area contributed by atoms with E-state index in [0.717, 1.165) is 5.56 Å². The Morgan fingerprint density at radius 2 is 1.78 bits per heavy atom. The highest BCUT2D eigenvalue weighted by Crippen LogP contribution is 2.28. The van der Waals surface area contributed by atoms with E-state index in [1.165, 1.54) is 0 Å². The second-order valence-corrected chi connectivity index (χ2v) is 6.95. The van der Waals surface area contributed by atoms with Gasteiger partial charge in [-0.15, -0.1) is 0 Å². The molecule has 0 saturated heterocycles. The maximum absolute atomic E-state index is 12.5. The molecule has 0 saturated carbocycles. The van der Waals surface area contributed by atoms with E-state index in [0.29, 0.717) is 41.7 Å². The van der Waals surface area contributed by atoms with Gasteiger partial charge in [0.15, 0.2) is 11.5 Å². The molecule has 7 heteroatoms. The summed E-state index contributed by atoms with van der Waals surface area (Å²) in [5.41, 5.74) is 1.81. The number of rotatable bonds is 8. The summed E-state index contributed by atoms with van der Waals surface area (Å²) in [5.74, 6) is 0.996. The molecule has 0 heterocycles. The summed E-state index contributed by atoms with van der Waals surface area (Å²) in [6.07, 6.45) is 0.613. The summed E-state index contributed by atoms with van der Waals surface area (Å²) in [7, 11) is 1.59. The molecule has 0 aliphatic carbocycles. The molecule has 2 aromatic rings. The third-order valence-corrected chi connectivity index (χ3v) is 4.41. The average molecular weight is 429 g/mol. The van der Waals surface area contributed by atoms with E-state index in [1.807, 2.05) is 25.1 Å². The quantitative estimate of drug-likeness (QED) is 0.584. The summed E-state index contributed by atoms with van der Waals surface area (Å²) in [4.78, 5) is 12.5. The lowest BCUT2D eigenvalue weighted by Gasteiger charge is -2.12. The minimum absolute atomic E-state index is 0.0995. The second kappa shape index (κ2) is 10.5. The Labute approximate surface area is 174 Å². The van der Waals surface area contributed by atoms with Gasteiger partial charge in [-0.25, -0.2) is 0 Å². The van der Waals surface area contributed by atoms with Gasteiger partial charge in [-0.3, -0.25) is 4.79 Å². The van der Waals surface area contributed by atoms with Crippen molar-refractivity contribution in [2.24, 2.45) is 0 Å². The predicted octanol–water partition coefficient (Wildman–Crippen LogP) is 5.25. The highest BCUT2D eigenvalue weighted by atomic mass is 35.5.